The summed E-state index contributed by atoms with van der Waals surface area (Å²) in [5, 5.41) is 4.29. The van der Waals surface area contributed by atoms with Crippen LogP contribution in [-0.2, 0) is 13.2 Å². The summed E-state index contributed by atoms with van der Waals surface area (Å²) in [7, 11) is 0. The standard InChI is InChI=1S/C22H30ClNO.ClH/c1-21(2,3)16-22(4,5)24-14-18-11-12-20(19(23)13-18)25-15-17-9-7-6-8-10-17;/h6-13,24H,14-16H2,1-5H3;1H. The molecule has 144 valence electrons. The van der Waals surface area contributed by atoms with Crippen LogP contribution in [0.5, 0.6) is 5.75 Å². The predicted octanol–water partition coefficient (Wildman–Crippen LogP) is 6.65. The first-order valence-corrected chi connectivity index (χ1v) is 9.23. The maximum Gasteiger partial charge on any atom is 0.138 e. The molecule has 0 amide bonds. The SMILES string of the molecule is CC(C)(C)CC(C)(C)NCc1ccc(OCc2ccccc2)c(Cl)c1.Cl. The molecule has 2 aromatic carbocycles. The average Bonchev–Trinajstić information content (AvgIpc) is 2.51. The van der Waals surface area contributed by atoms with E-state index in [1.807, 2.05) is 42.5 Å². The second-order valence-corrected chi connectivity index (χ2v) is 8.92. The van der Waals surface area contributed by atoms with E-state index in [0.717, 1.165) is 24.3 Å². The Morgan fingerprint density at radius 2 is 1.58 bits per heavy atom. The maximum absolute atomic E-state index is 6.40. The number of benzene rings is 2. The van der Waals surface area contributed by atoms with Gasteiger partial charge in [-0.1, -0.05) is 68.8 Å². The number of rotatable bonds is 7. The number of nitrogens with one attached hydrogen (secondary N) is 1. The lowest BCUT2D eigenvalue weighted by Crippen LogP contribution is -2.41. The number of hydrogen-bond acceptors (Lipinski definition) is 2. The molecule has 0 atom stereocenters. The minimum atomic E-state index is 0. The van der Waals surface area contributed by atoms with E-state index in [2.05, 4.69) is 46.0 Å². The zero-order chi connectivity index (χ0) is 18.5. The molecule has 0 unspecified atom stereocenters. The molecule has 4 heteroatoms. The summed E-state index contributed by atoms with van der Waals surface area (Å²) in [5.74, 6) is 0.725. The highest BCUT2D eigenvalue weighted by atomic mass is 35.5. The van der Waals surface area contributed by atoms with Crippen LogP contribution in [0.2, 0.25) is 5.02 Å². The zero-order valence-electron chi connectivity index (χ0n) is 16.4. The Balaban J connectivity index is 0.00000338. The first kappa shape index (κ1) is 22.8. The monoisotopic (exact) mass is 395 g/mol. The molecule has 0 bridgehead atoms. The van der Waals surface area contributed by atoms with Crippen LogP contribution in [-0.4, -0.2) is 5.54 Å². The molecule has 26 heavy (non-hydrogen) atoms. The highest BCUT2D eigenvalue weighted by Gasteiger charge is 2.24. The molecule has 0 saturated carbocycles. The first-order chi connectivity index (χ1) is 11.6. The molecule has 0 aliphatic carbocycles. The van der Waals surface area contributed by atoms with Crippen molar-refractivity contribution in [1.29, 1.82) is 0 Å². The molecule has 0 fully saturated rings. The summed E-state index contributed by atoms with van der Waals surface area (Å²) < 4.78 is 5.84. The average molecular weight is 396 g/mol. The van der Waals surface area contributed by atoms with Gasteiger partial charge in [-0.15, -0.1) is 12.4 Å². The molecule has 0 spiro atoms. The first-order valence-electron chi connectivity index (χ1n) is 8.85. The Morgan fingerprint density at radius 3 is 2.15 bits per heavy atom. The molecular formula is C22H31Cl2NO. The van der Waals surface area contributed by atoms with Gasteiger partial charge in [-0.05, 0) is 48.9 Å². The van der Waals surface area contributed by atoms with Gasteiger partial charge in [-0.3, -0.25) is 0 Å². The molecule has 1 N–H and O–H groups in total. The second-order valence-electron chi connectivity index (χ2n) is 8.51. The third-order valence-electron chi connectivity index (χ3n) is 3.98. The number of hydrogen-bond donors (Lipinski definition) is 1. The Bertz CT molecular complexity index is 678. The van der Waals surface area contributed by atoms with Crippen LogP contribution in [0, 0.1) is 5.41 Å². The molecule has 0 heterocycles. The van der Waals surface area contributed by atoms with Gasteiger partial charge in [-0.25, -0.2) is 0 Å². The van der Waals surface area contributed by atoms with Crippen molar-refractivity contribution in [3.8, 4) is 5.75 Å². The fraction of sp³-hybridized carbons (Fsp3) is 0.455. The van der Waals surface area contributed by atoms with Gasteiger partial charge in [0.2, 0.25) is 0 Å². The summed E-state index contributed by atoms with van der Waals surface area (Å²) in [6.45, 7) is 12.6. The van der Waals surface area contributed by atoms with E-state index in [4.69, 9.17) is 16.3 Å². The Kier molecular flexibility index (Phi) is 8.46. The van der Waals surface area contributed by atoms with Crippen molar-refractivity contribution in [2.24, 2.45) is 5.41 Å². The van der Waals surface area contributed by atoms with Gasteiger partial charge >= 0.3 is 0 Å². The van der Waals surface area contributed by atoms with E-state index in [1.54, 1.807) is 0 Å². The summed E-state index contributed by atoms with van der Waals surface area (Å²) >= 11 is 6.40. The van der Waals surface area contributed by atoms with Gasteiger partial charge in [0.1, 0.15) is 12.4 Å². The number of ether oxygens (including phenoxy) is 1. The quantitative estimate of drug-likeness (QED) is 0.566. The topological polar surface area (TPSA) is 21.3 Å². The van der Waals surface area contributed by atoms with Crippen LogP contribution in [0.25, 0.3) is 0 Å². The van der Waals surface area contributed by atoms with Gasteiger partial charge in [0, 0.05) is 12.1 Å². The van der Waals surface area contributed by atoms with Crippen LogP contribution in [0.15, 0.2) is 48.5 Å². The fourth-order valence-corrected chi connectivity index (χ4v) is 3.49. The van der Waals surface area contributed by atoms with E-state index < -0.39 is 0 Å². The van der Waals surface area contributed by atoms with Gasteiger partial charge in [0.25, 0.3) is 0 Å². The molecule has 2 rings (SSSR count). The van der Waals surface area contributed by atoms with Gasteiger partial charge < -0.3 is 10.1 Å². The molecule has 0 saturated heterocycles. The van der Waals surface area contributed by atoms with Crippen LogP contribution >= 0.6 is 24.0 Å². The molecule has 0 aromatic heterocycles. The Morgan fingerprint density at radius 1 is 0.923 bits per heavy atom. The van der Waals surface area contributed by atoms with Crippen LogP contribution < -0.4 is 10.1 Å². The molecule has 0 radical (unpaired) electrons. The Hall–Kier alpha value is -1.22. The van der Waals surface area contributed by atoms with Crippen molar-refractivity contribution >= 4 is 24.0 Å². The van der Waals surface area contributed by atoms with Crippen molar-refractivity contribution < 1.29 is 4.74 Å². The predicted molar refractivity (Wildman–Crippen MR) is 114 cm³/mol. The molecule has 2 aromatic rings. The Labute approximate surface area is 169 Å². The minimum absolute atomic E-state index is 0. The van der Waals surface area contributed by atoms with E-state index >= 15 is 0 Å². The van der Waals surface area contributed by atoms with Crippen molar-refractivity contribution in [3.63, 3.8) is 0 Å². The highest BCUT2D eigenvalue weighted by molar-refractivity contribution is 6.32. The fourth-order valence-electron chi connectivity index (χ4n) is 3.24. The third-order valence-corrected chi connectivity index (χ3v) is 4.27. The summed E-state index contributed by atoms with van der Waals surface area (Å²) in [6, 6.07) is 16.1. The smallest absolute Gasteiger partial charge is 0.138 e. The normalized spacial score (nSPS) is 11.8. The van der Waals surface area contributed by atoms with Crippen molar-refractivity contribution in [3.05, 3.63) is 64.7 Å². The van der Waals surface area contributed by atoms with Crippen molar-refractivity contribution in [2.75, 3.05) is 0 Å². The second kappa shape index (κ2) is 9.64. The van der Waals surface area contributed by atoms with Crippen molar-refractivity contribution in [1.82, 2.24) is 5.32 Å². The van der Waals surface area contributed by atoms with E-state index in [0.29, 0.717) is 17.0 Å². The highest BCUT2D eigenvalue weighted by Crippen LogP contribution is 2.29. The van der Waals surface area contributed by atoms with Gasteiger partial charge in [-0.2, -0.15) is 0 Å². The van der Waals surface area contributed by atoms with E-state index in [1.165, 1.54) is 5.56 Å². The van der Waals surface area contributed by atoms with Crippen LogP contribution in [0.4, 0.5) is 0 Å². The summed E-state index contributed by atoms with van der Waals surface area (Å²) in [6.07, 6.45) is 1.10. The minimum Gasteiger partial charge on any atom is -0.487 e. The van der Waals surface area contributed by atoms with Crippen LogP contribution in [0.1, 0.15) is 52.2 Å². The number of halogens is 2. The largest absolute Gasteiger partial charge is 0.487 e. The van der Waals surface area contributed by atoms with Gasteiger partial charge in [0.15, 0.2) is 0 Å². The lowest BCUT2D eigenvalue weighted by Gasteiger charge is -2.33. The lowest BCUT2D eigenvalue weighted by atomic mass is 9.82. The van der Waals surface area contributed by atoms with Crippen LogP contribution in [0.3, 0.4) is 0 Å². The molecule has 2 nitrogen and oxygen atoms in total. The third kappa shape index (κ3) is 7.99. The van der Waals surface area contributed by atoms with E-state index in [9.17, 15) is 0 Å². The molecule has 0 aliphatic heterocycles. The maximum atomic E-state index is 6.40. The molecule has 0 aliphatic rings. The van der Waals surface area contributed by atoms with Crippen molar-refractivity contribution in [2.45, 2.75) is 59.7 Å². The summed E-state index contributed by atoms with van der Waals surface area (Å²) in [5.41, 5.74) is 2.67. The molecular weight excluding hydrogens is 365 g/mol. The summed E-state index contributed by atoms with van der Waals surface area (Å²) in [4.78, 5) is 0. The lowest BCUT2D eigenvalue weighted by molar-refractivity contribution is 0.240. The van der Waals surface area contributed by atoms with Gasteiger partial charge in [0.05, 0.1) is 5.02 Å². The zero-order valence-corrected chi connectivity index (χ0v) is 18.0. The van der Waals surface area contributed by atoms with E-state index in [-0.39, 0.29) is 17.9 Å².